The van der Waals surface area contributed by atoms with E-state index in [9.17, 15) is 9.59 Å². The third kappa shape index (κ3) is 8.71. The van der Waals surface area contributed by atoms with E-state index in [4.69, 9.17) is 9.72 Å². The molecule has 1 atom stereocenters. The van der Waals surface area contributed by atoms with Crippen LogP contribution in [0.15, 0.2) is 91.3 Å². The van der Waals surface area contributed by atoms with Crippen molar-refractivity contribution in [3.63, 3.8) is 0 Å². The van der Waals surface area contributed by atoms with Crippen molar-refractivity contribution in [3.8, 4) is 11.3 Å². The highest BCUT2D eigenvalue weighted by molar-refractivity contribution is 5.94. The molecule has 8 nitrogen and oxygen atoms in total. The van der Waals surface area contributed by atoms with Crippen molar-refractivity contribution in [3.05, 3.63) is 108 Å². The molecule has 5 rings (SSSR count). The number of amides is 1. The number of Topliss-reactive ketones (excluding diaryl/α,β-unsaturated/α-hetero) is 1. The largest absolute Gasteiger partial charge is 0.356 e. The molecule has 4 aromatic rings. The number of unbranched alkanes of at least 4 members (excludes halogenated alkanes) is 2. The summed E-state index contributed by atoms with van der Waals surface area (Å²) in [6, 6.07) is 25.4. The predicted octanol–water partition coefficient (Wildman–Crippen LogP) is 6.45. The number of imidazole rings is 1. The van der Waals surface area contributed by atoms with E-state index in [0.29, 0.717) is 25.5 Å². The van der Waals surface area contributed by atoms with Crippen LogP contribution in [0.2, 0.25) is 0 Å². The molecule has 230 valence electrons. The SMILES string of the molecule is CN1CCC(C(=O)N[C@@H](CCCCCC(=O)c2ccccn2)c2ncc(-c3ccccc3)n2COCc2ccccc2)CC1. The Labute approximate surface area is 260 Å². The van der Waals surface area contributed by atoms with Gasteiger partial charge in [-0.05, 0) is 69.1 Å². The molecule has 8 heteroatoms. The molecule has 1 aliphatic rings. The minimum Gasteiger partial charge on any atom is -0.356 e. The number of rotatable bonds is 15. The Bertz CT molecular complexity index is 1450. The van der Waals surface area contributed by atoms with Crippen LogP contribution in [0.5, 0.6) is 0 Å². The lowest BCUT2D eigenvalue weighted by Gasteiger charge is -2.29. The number of nitrogens with one attached hydrogen (secondary N) is 1. The van der Waals surface area contributed by atoms with Gasteiger partial charge in [0.15, 0.2) is 5.78 Å². The van der Waals surface area contributed by atoms with E-state index in [0.717, 1.165) is 74.3 Å². The molecule has 1 fully saturated rings. The molecule has 0 radical (unpaired) electrons. The van der Waals surface area contributed by atoms with Crippen molar-refractivity contribution in [1.82, 2.24) is 24.8 Å². The number of carbonyl (C=O) groups excluding carboxylic acids is 2. The fraction of sp³-hybridized carbons (Fsp3) is 0.389. The van der Waals surface area contributed by atoms with Crippen LogP contribution in [0.25, 0.3) is 11.3 Å². The summed E-state index contributed by atoms with van der Waals surface area (Å²) in [4.78, 5) is 37.5. The van der Waals surface area contributed by atoms with Gasteiger partial charge in [-0.1, -0.05) is 79.6 Å². The summed E-state index contributed by atoms with van der Waals surface area (Å²) >= 11 is 0. The van der Waals surface area contributed by atoms with Gasteiger partial charge >= 0.3 is 0 Å². The van der Waals surface area contributed by atoms with E-state index in [1.807, 2.05) is 54.7 Å². The number of nitrogens with zero attached hydrogens (tertiary/aromatic N) is 4. The van der Waals surface area contributed by atoms with Crippen LogP contribution in [0.4, 0.5) is 0 Å². The van der Waals surface area contributed by atoms with E-state index in [1.165, 1.54) is 0 Å². The quantitative estimate of drug-likeness (QED) is 0.126. The number of hydrogen-bond acceptors (Lipinski definition) is 6. The standard InChI is InChI=1S/C36H43N5O3/c1-40-23-20-30(21-24-40)36(43)39-32(18-9-4-10-19-34(42)31-17-11-12-22-37-31)35-38-25-33(29-15-7-3-8-16-29)41(35)27-44-26-28-13-5-2-6-14-28/h2-3,5-8,11-17,22,25,30,32H,4,9-10,18-21,23-24,26-27H2,1H3,(H,39,43)/t32-/m0/s1. The highest BCUT2D eigenvalue weighted by atomic mass is 16.5. The molecule has 3 heterocycles. The van der Waals surface area contributed by atoms with Crippen LogP contribution in [-0.2, 0) is 22.9 Å². The lowest BCUT2D eigenvalue weighted by atomic mass is 9.95. The Kier molecular flexibility index (Phi) is 11.4. The predicted molar refractivity (Wildman–Crippen MR) is 172 cm³/mol. The number of aromatic nitrogens is 3. The second kappa shape index (κ2) is 16.1. The van der Waals surface area contributed by atoms with Crippen LogP contribution >= 0.6 is 0 Å². The molecule has 0 unspecified atom stereocenters. The van der Waals surface area contributed by atoms with E-state index >= 15 is 0 Å². The van der Waals surface area contributed by atoms with Crippen molar-refractivity contribution in [2.45, 2.75) is 64.3 Å². The molecule has 0 aliphatic carbocycles. The second-order valence-corrected chi connectivity index (χ2v) is 11.6. The van der Waals surface area contributed by atoms with Crippen molar-refractivity contribution in [1.29, 1.82) is 0 Å². The lowest BCUT2D eigenvalue weighted by molar-refractivity contribution is -0.127. The van der Waals surface area contributed by atoms with Gasteiger partial charge in [-0.2, -0.15) is 0 Å². The Balaban J connectivity index is 1.31. The van der Waals surface area contributed by atoms with Gasteiger partial charge in [0.2, 0.25) is 5.91 Å². The Morgan fingerprint density at radius 1 is 0.909 bits per heavy atom. The first-order chi connectivity index (χ1) is 21.6. The first-order valence-electron chi connectivity index (χ1n) is 15.7. The zero-order chi connectivity index (χ0) is 30.6. The van der Waals surface area contributed by atoms with E-state index in [1.54, 1.807) is 12.3 Å². The summed E-state index contributed by atoms with van der Waals surface area (Å²) in [6.07, 6.45) is 8.93. The third-order valence-electron chi connectivity index (χ3n) is 8.35. The van der Waals surface area contributed by atoms with Crippen LogP contribution in [0, 0.1) is 5.92 Å². The number of benzene rings is 2. The van der Waals surface area contributed by atoms with Gasteiger partial charge in [0.25, 0.3) is 0 Å². The van der Waals surface area contributed by atoms with Gasteiger partial charge in [-0.15, -0.1) is 0 Å². The summed E-state index contributed by atoms with van der Waals surface area (Å²) in [6.45, 7) is 2.64. The van der Waals surface area contributed by atoms with E-state index in [-0.39, 0.29) is 23.7 Å². The summed E-state index contributed by atoms with van der Waals surface area (Å²) in [5.41, 5.74) is 3.61. The zero-order valence-corrected chi connectivity index (χ0v) is 25.6. The number of likely N-dealkylation sites (tertiary alicyclic amines) is 1. The molecular formula is C36H43N5O3. The summed E-state index contributed by atoms with van der Waals surface area (Å²) in [5, 5.41) is 3.38. The van der Waals surface area contributed by atoms with Gasteiger partial charge in [0, 0.05) is 18.5 Å². The Hall–Kier alpha value is -4.14. The molecule has 1 amide bonds. The number of ether oxygens (including phenoxy) is 1. The van der Waals surface area contributed by atoms with Crippen molar-refractivity contribution in [2.75, 3.05) is 20.1 Å². The maximum Gasteiger partial charge on any atom is 0.223 e. The van der Waals surface area contributed by atoms with Crippen LogP contribution < -0.4 is 5.32 Å². The fourth-order valence-corrected chi connectivity index (χ4v) is 5.76. The molecule has 0 bridgehead atoms. The number of carbonyl (C=O) groups is 2. The Morgan fingerprint density at radius 3 is 2.36 bits per heavy atom. The molecule has 2 aromatic carbocycles. The fourth-order valence-electron chi connectivity index (χ4n) is 5.76. The van der Waals surface area contributed by atoms with Gasteiger partial charge in [-0.25, -0.2) is 4.98 Å². The molecular weight excluding hydrogens is 550 g/mol. The van der Waals surface area contributed by atoms with Gasteiger partial charge < -0.3 is 19.5 Å². The smallest absolute Gasteiger partial charge is 0.223 e. The molecule has 1 aliphatic heterocycles. The Morgan fingerprint density at radius 2 is 1.64 bits per heavy atom. The zero-order valence-electron chi connectivity index (χ0n) is 25.6. The van der Waals surface area contributed by atoms with Gasteiger partial charge in [-0.3, -0.25) is 14.6 Å². The third-order valence-corrected chi connectivity index (χ3v) is 8.35. The molecule has 2 aromatic heterocycles. The molecule has 0 spiro atoms. The average Bonchev–Trinajstić information content (AvgIpc) is 3.49. The average molecular weight is 594 g/mol. The number of hydrogen-bond donors (Lipinski definition) is 1. The number of piperidine rings is 1. The number of ketones is 1. The lowest BCUT2D eigenvalue weighted by Crippen LogP contribution is -2.41. The van der Waals surface area contributed by atoms with Crippen LogP contribution in [0.1, 0.15) is 72.9 Å². The van der Waals surface area contributed by atoms with Crippen molar-refractivity contribution >= 4 is 11.7 Å². The maximum absolute atomic E-state index is 13.6. The van der Waals surface area contributed by atoms with Crippen LogP contribution in [0.3, 0.4) is 0 Å². The monoisotopic (exact) mass is 593 g/mol. The van der Waals surface area contributed by atoms with Gasteiger partial charge in [0.05, 0.1) is 24.5 Å². The minimum atomic E-state index is -0.272. The van der Waals surface area contributed by atoms with Crippen molar-refractivity contribution in [2.24, 2.45) is 5.92 Å². The summed E-state index contributed by atoms with van der Waals surface area (Å²) in [5.74, 6) is 0.949. The molecule has 1 N–H and O–H groups in total. The normalized spacial score (nSPS) is 14.8. The highest BCUT2D eigenvalue weighted by Gasteiger charge is 2.28. The van der Waals surface area contributed by atoms with E-state index in [2.05, 4.69) is 51.1 Å². The topological polar surface area (TPSA) is 89.4 Å². The first-order valence-corrected chi connectivity index (χ1v) is 15.7. The highest BCUT2D eigenvalue weighted by Crippen LogP contribution is 2.28. The number of pyridine rings is 1. The maximum atomic E-state index is 13.6. The minimum absolute atomic E-state index is 0.00368. The summed E-state index contributed by atoms with van der Waals surface area (Å²) < 4.78 is 8.32. The van der Waals surface area contributed by atoms with Crippen LogP contribution in [-0.4, -0.2) is 51.3 Å². The molecule has 0 saturated carbocycles. The second-order valence-electron chi connectivity index (χ2n) is 11.6. The first kappa shape index (κ1) is 31.3. The molecule has 1 saturated heterocycles. The molecule has 44 heavy (non-hydrogen) atoms. The van der Waals surface area contributed by atoms with Crippen molar-refractivity contribution < 1.29 is 14.3 Å². The van der Waals surface area contributed by atoms with E-state index < -0.39 is 0 Å². The van der Waals surface area contributed by atoms with Gasteiger partial charge in [0.1, 0.15) is 18.2 Å². The summed E-state index contributed by atoms with van der Waals surface area (Å²) in [7, 11) is 2.10.